The average molecular weight is 332 g/mol. The molecule has 0 aliphatic heterocycles. The van der Waals surface area contributed by atoms with Crippen LogP contribution >= 0.6 is 0 Å². The molecule has 1 amide bonds. The van der Waals surface area contributed by atoms with E-state index >= 15 is 0 Å². The molecule has 2 rings (SSSR count). The molecule has 24 heavy (non-hydrogen) atoms. The number of nitro benzene ring substituents is 1. The molecule has 124 valence electrons. The predicted octanol–water partition coefficient (Wildman–Crippen LogP) is 2.95. The summed E-state index contributed by atoms with van der Waals surface area (Å²) in [6, 6.07) is 8.98. The number of amides is 1. The van der Waals surface area contributed by atoms with Gasteiger partial charge >= 0.3 is 0 Å². The van der Waals surface area contributed by atoms with Gasteiger partial charge < -0.3 is 10.1 Å². The number of carbonyl (C=O) groups is 2. The first-order valence-electron chi connectivity index (χ1n) is 6.84. The predicted molar refractivity (Wildman–Crippen MR) is 83.6 cm³/mol. The summed E-state index contributed by atoms with van der Waals surface area (Å²) >= 11 is 0. The van der Waals surface area contributed by atoms with Gasteiger partial charge in [0.2, 0.25) is 0 Å². The molecule has 8 heteroatoms. The van der Waals surface area contributed by atoms with Crippen LogP contribution in [0.1, 0.15) is 17.3 Å². The molecule has 0 radical (unpaired) electrons. The third kappa shape index (κ3) is 4.35. The van der Waals surface area contributed by atoms with Crippen LogP contribution < -0.4 is 10.1 Å². The van der Waals surface area contributed by atoms with Gasteiger partial charge in [0.15, 0.2) is 12.4 Å². The number of benzene rings is 2. The number of ether oxygens (including phenoxy) is 1. The number of hydrogen-bond donors (Lipinski definition) is 1. The highest BCUT2D eigenvalue weighted by molar-refractivity contribution is 5.94. The Bertz CT molecular complexity index is 790. The van der Waals surface area contributed by atoms with Crippen molar-refractivity contribution < 1.29 is 23.6 Å². The Kier molecular flexibility index (Phi) is 5.20. The van der Waals surface area contributed by atoms with Crippen LogP contribution in [-0.2, 0) is 4.79 Å². The van der Waals surface area contributed by atoms with Crippen LogP contribution in [0.5, 0.6) is 5.75 Å². The van der Waals surface area contributed by atoms with Crippen molar-refractivity contribution in [1.29, 1.82) is 0 Å². The van der Waals surface area contributed by atoms with Crippen molar-refractivity contribution in [3.8, 4) is 5.75 Å². The largest absolute Gasteiger partial charge is 0.484 e. The lowest BCUT2D eigenvalue weighted by atomic mass is 10.1. The fraction of sp³-hybridized carbons (Fsp3) is 0.125. The van der Waals surface area contributed by atoms with Crippen molar-refractivity contribution >= 4 is 23.1 Å². The second kappa shape index (κ2) is 7.32. The Labute approximate surface area is 136 Å². The maximum Gasteiger partial charge on any atom is 0.271 e. The molecule has 1 N–H and O–H groups in total. The molecule has 0 aromatic heterocycles. The topological polar surface area (TPSA) is 98.5 Å². The molecule has 0 atom stereocenters. The highest BCUT2D eigenvalue weighted by Gasteiger charge is 2.13. The molecular formula is C16H13FN2O5. The summed E-state index contributed by atoms with van der Waals surface area (Å²) in [5, 5.41) is 12.9. The van der Waals surface area contributed by atoms with E-state index in [2.05, 4.69) is 5.32 Å². The Morgan fingerprint density at radius 2 is 1.88 bits per heavy atom. The zero-order chi connectivity index (χ0) is 17.7. The third-order valence-electron chi connectivity index (χ3n) is 3.07. The molecule has 0 fully saturated rings. The van der Waals surface area contributed by atoms with Crippen LogP contribution in [0.4, 0.5) is 15.8 Å². The summed E-state index contributed by atoms with van der Waals surface area (Å²) in [6.07, 6.45) is 0. The first kappa shape index (κ1) is 17.1. The summed E-state index contributed by atoms with van der Waals surface area (Å²) in [5.41, 5.74) is -0.136. The Balaban J connectivity index is 1.97. The van der Waals surface area contributed by atoms with Crippen molar-refractivity contribution in [2.24, 2.45) is 0 Å². The SMILES string of the molecule is CC(=O)c1ccc(OCC(=O)Nc2cc([N+](=O)[O-])ccc2F)cc1. The van der Waals surface area contributed by atoms with E-state index in [-0.39, 0.29) is 17.2 Å². The van der Waals surface area contributed by atoms with Gasteiger partial charge in [0.05, 0.1) is 10.6 Å². The molecule has 0 heterocycles. The third-order valence-corrected chi connectivity index (χ3v) is 3.07. The van der Waals surface area contributed by atoms with E-state index in [4.69, 9.17) is 4.74 Å². The normalized spacial score (nSPS) is 10.1. The van der Waals surface area contributed by atoms with E-state index in [1.54, 1.807) is 12.1 Å². The van der Waals surface area contributed by atoms with E-state index in [1.165, 1.54) is 19.1 Å². The van der Waals surface area contributed by atoms with E-state index in [0.717, 1.165) is 18.2 Å². The van der Waals surface area contributed by atoms with Crippen molar-refractivity contribution in [2.45, 2.75) is 6.92 Å². The fourth-order valence-corrected chi connectivity index (χ4v) is 1.84. The molecule has 2 aromatic rings. The summed E-state index contributed by atoms with van der Waals surface area (Å²) < 4.78 is 18.8. The van der Waals surface area contributed by atoms with Crippen molar-refractivity contribution in [1.82, 2.24) is 0 Å². The molecular weight excluding hydrogens is 319 g/mol. The lowest BCUT2D eigenvalue weighted by molar-refractivity contribution is -0.384. The van der Waals surface area contributed by atoms with Gasteiger partial charge in [-0.1, -0.05) is 0 Å². The zero-order valence-corrected chi connectivity index (χ0v) is 12.6. The van der Waals surface area contributed by atoms with E-state index < -0.39 is 23.3 Å². The fourth-order valence-electron chi connectivity index (χ4n) is 1.84. The van der Waals surface area contributed by atoms with E-state index in [0.29, 0.717) is 11.3 Å². The van der Waals surface area contributed by atoms with Gasteiger partial charge in [0, 0.05) is 17.7 Å². The van der Waals surface area contributed by atoms with Gasteiger partial charge in [0.25, 0.3) is 11.6 Å². The second-order valence-electron chi connectivity index (χ2n) is 4.84. The molecule has 2 aromatic carbocycles. The van der Waals surface area contributed by atoms with Gasteiger partial charge in [-0.15, -0.1) is 0 Å². The maximum absolute atomic E-state index is 13.6. The number of ketones is 1. The molecule has 0 unspecified atom stereocenters. The smallest absolute Gasteiger partial charge is 0.271 e. The van der Waals surface area contributed by atoms with Gasteiger partial charge in [0.1, 0.15) is 11.6 Å². The number of carbonyl (C=O) groups excluding carboxylic acids is 2. The minimum atomic E-state index is -0.792. The molecule has 0 saturated heterocycles. The van der Waals surface area contributed by atoms with E-state index in [9.17, 15) is 24.1 Å². The summed E-state index contributed by atoms with van der Waals surface area (Å²) in [4.78, 5) is 32.9. The number of nitrogens with zero attached hydrogens (tertiary/aromatic N) is 1. The van der Waals surface area contributed by atoms with Gasteiger partial charge in [-0.05, 0) is 37.3 Å². The number of halogens is 1. The van der Waals surface area contributed by atoms with Crippen LogP contribution in [0.15, 0.2) is 42.5 Å². The minimum absolute atomic E-state index is 0.0968. The van der Waals surface area contributed by atoms with Gasteiger partial charge in [-0.3, -0.25) is 19.7 Å². The number of rotatable bonds is 6. The van der Waals surface area contributed by atoms with Crippen molar-refractivity contribution in [2.75, 3.05) is 11.9 Å². The van der Waals surface area contributed by atoms with Crippen LogP contribution in [0.2, 0.25) is 0 Å². The highest BCUT2D eigenvalue weighted by atomic mass is 19.1. The lowest BCUT2D eigenvalue weighted by Gasteiger charge is -2.08. The first-order valence-corrected chi connectivity index (χ1v) is 6.84. The van der Waals surface area contributed by atoms with E-state index in [1.807, 2.05) is 0 Å². The number of Topliss-reactive ketones (excluding diaryl/α,β-unsaturated/α-hetero) is 1. The molecule has 0 aliphatic carbocycles. The molecule has 0 aliphatic rings. The average Bonchev–Trinajstić information content (AvgIpc) is 2.55. The maximum atomic E-state index is 13.6. The Morgan fingerprint density at radius 1 is 1.21 bits per heavy atom. The molecule has 0 saturated carbocycles. The summed E-state index contributed by atoms with van der Waals surface area (Å²) in [7, 11) is 0. The van der Waals surface area contributed by atoms with Crippen LogP contribution in [0.3, 0.4) is 0 Å². The lowest BCUT2D eigenvalue weighted by Crippen LogP contribution is -2.20. The Hall–Kier alpha value is -3.29. The van der Waals surface area contributed by atoms with Gasteiger partial charge in [-0.25, -0.2) is 4.39 Å². The molecule has 0 bridgehead atoms. The monoisotopic (exact) mass is 332 g/mol. The van der Waals surface area contributed by atoms with Crippen LogP contribution in [-0.4, -0.2) is 23.2 Å². The number of nitro groups is 1. The summed E-state index contributed by atoms with van der Waals surface area (Å²) in [6.45, 7) is 1.01. The second-order valence-corrected chi connectivity index (χ2v) is 4.84. The van der Waals surface area contributed by atoms with Crippen molar-refractivity contribution in [3.63, 3.8) is 0 Å². The minimum Gasteiger partial charge on any atom is -0.484 e. The summed E-state index contributed by atoms with van der Waals surface area (Å²) in [5.74, 6) is -1.21. The number of anilines is 1. The first-order chi connectivity index (χ1) is 11.4. The number of nitrogens with one attached hydrogen (secondary N) is 1. The van der Waals surface area contributed by atoms with Crippen LogP contribution in [0, 0.1) is 15.9 Å². The number of non-ortho nitro benzene ring substituents is 1. The molecule has 0 spiro atoms. The standard InChI is InChI=1S/C16H13FN2O5/c1-10(20)11-2-5-13(6-3-11)24-9-16(21)18-15-8-12(19(22)23)4-7-14(15)17/h2-8H,9H2,1H3,(H,18,21). The Morgan fingerprint density at radius 3 is 2.46 bits per heavy atom. The van der Waals surface area contributed by atoms with Crippen LogP contribution in [0.25, 0.3) is 0 Å². The quantitative estimate of drug-likeness (QED) is 0.498. The van der Waals surface area contributed by atoms with Crippen molar-refractivity contribution in [3.05, 3.63) is 64.0 Å². The highest BCUT2D eigenvalue weighted by Crippen LogP contribution is 2.21. The number of hydrogen-bond acceptors (Lipinski definition) is 5. The van der Waals surface area contributed by atoms with Gasteiger partial charge in [-0.2, -0.15) is 0 Å². The zero-order valence-electron chi connectivity index (χ0n) is 12.6. The molecule has 7 nitrogen and oxygen atoms in total.